The highest BCUT2D eigenvalue weighted by atomic mass is 32.2. The molecule has 1 fully saturated rings. The minimum absolute atomic E-state index is 0.217. The number of thioether (sulfide) groups is 1. The molecule has 30 heavy (non-hydrogen) atoms. The number of aromatic nitrogens is 1. The van der Waals surface area contributed by atoms with Crippen molar-refractivity contribution in [1.82, 2.24) is 9.47 Å². The molecule has 1 aliphatic rings. The number of carbonyl (C=O) groups excluding carboxylic acids is 2. The van der Waals surface area contributed by atoms with Gasteiger partial charge >= 0.3 is 0 Å². The van der Waals surface area contributed by atoms with Crippen LogP contribution in [0, 0.1) is 20.8 Å². The van der Waals surface area contributed by atoms with Crippen LogP contribution in [0.15, 0.2) is 65.6 Å². The summed E-state index contributed by atoms with van der Waals surface area (Å²) in [7, 11) is 0. The molecule has 0 spiro atoms. The quantitative estimate of drug-likeness (QED) is 0.501. The Morgan fingerprint density at radius 3 is 2.33 bits per heavy atom. The first-order chi connectivity index (χ1) is 14.4. The first kappa shape index (κ1) is 20.2. The van der Waals surface area contributed by atoms with Crippen molar-refractivity contribution in [3.05, 3.63) is 99.2 Å². The van der Waals surface area contributed by atoms with E-state index in [1.807, 2.05) is 55.5 Å². The summed E-state index contributed by atoms with van der Waals surface area (Å²) in [6.45, 7) is 7.20. The number of aryl methyl sites for hydroxylation is 2. The first-order valence-corrected chi connectivity index (χ1v) is 10.8. The monoisotopic (exact) mass is 416 g/mol. The molecular weight excluding hydrogens is 392 g/mol. The van der Waals surface area contributed by atoms with Crippen molar-refractivity contribution in [3.8, 4) is 0 Å². The average Bonchev–Trinajstić information content (AvgIpc) is 3.13. The lowest BCUT2D eigenvalue weighted by Crippen LogP contribution is -2.27. The normalized spacial score (nSPS) is 15.4. The van der Waals surface area contributed by atoms with Gasteiger partial charge in [0.15, 0.2) is 0 Å². The number of amides is 2. The second-order valence-electron chi connectivity index (χ2n) is 7.66. The van der Waals surface area contributed by atoms with E-state index in [9.17, 15) is 9.59 Å². The van der Waals surface area contributed by atoms with Gasteiger partial charge in [0.2, 0.25) is 0 Å². The van der Waals surface area contributed by atoms with Gasteiger partial charge in [-0.3, -0.25) is 14.5 Å². The van der Waals surface area contributed by atoms with E-state index < -0.39 is 0 Å². The fraction of sp³-hybridized carbons (Fsp3) is 0.200. The summed E-state index contributed by atoms with van der Waals surface area (Å²) < 4.78 is 2.23. The van der Waals surface area contributed by atoms with Gasteiger partial charge < -0.3 is 4.57 Å². The van der Waals surface area contributed by atoms with Gasteiger partial charge in [0.25, 0.3) is 11.1 Å². The summed E-state index contributed by atoms with van der Waals surface area (Å²) in [6.07, 6.45) is 1.85. The Kier molecular flexibility index (Phi) is 5.64. The largest absolute Gasteiger partial charge is 0.344 e. The lowest BCUT2D eigenvalue weighted by atomic mass is 10.1. The number of benzene rings is 2. The van der Waals surface area contributed by atoms with Gasteiger partial charge in [-0.15, -0.1) is 0 Å². The minimum atomic E-state index is -0.223. The molecule has 4 rings (SSSR count). The standard InChI is InChI=1S/C25H24N2O2S/c1-17-8-7-11-21(12-17)16-27-24(28)23(30-25(27)29)14-22-13-18(2)26(19(22)3)15-20-9-5-4-6-10-20/h4-14H,15-16H2,1-3H3/b23-14-. The van der Waals surface area contributed by atoms with Crippen LogP contribution in [0.1, 0.15) is 33.6 Å². The van der Waals surface area contributed by atoms with Crippen LogP contribution < -0.4 is 0 Å². The summed E-state index contributed by atoms with van der Waals surface area (Å²) in [5, 5.41) is -0.217. The zero-order valence-corrected chi connectivity index (χ0v) is 18.2. The molecule has 0 unspecified atom stereocenters. The highest BCUT2D eigenvalue weighted by Gasteiger charge is 2.35. The smallest absolute Gasteiger partial charge is 0.293 e. The summed E-state index contributed by atoms with van der Waals surface area (Å²) in [6, 6.07) is 20.3. The fourth-order valence-electron chi connectivity index (χ4n) is 3.75. The van der Waals surface area contributed by atoms with Crippen molar-refractivity contribution in [3.63, 3.8) is 0 Å². The second-order valence-corrected chi connectivity index (χ2v) is 8.65. The summed E-state index contributed by atoms with van der Waals surface area (Å²) in [5.74, 6) is -0.223. The molecule has 4 nitrogen and oxygen atoms in total. The summed E-state index contributed by atoms with van der Waals surface area (Å²) >= 11 is 1.02. The van der Waals surface area contributed by atoms with Crippen molar-refractivity contribution in [2.45, 2.75) is 33.9 Å². The van der Waals surface area contributed by atoms with Crippen molar-refractivity contribution in [2.75, 3.05) is 0 Å². The van der Waals surface area contributed by atoms with E-state index >= 15 is 0 Å². The molecule has 0 N–H and O–H groups in total. The second kappa shape index (κ2) is 8.36. The number of carbonyl (C=O) groups is 2. The summed E-state index contributed by atoms with van der Waals surface area (Å²) in [4.78, 5) is 27.2. The number of imide groups is 1. The molecule has 2 amide bonds. The molecule has 2 aromatic carbocycles. The van der Waals surface area contributed by atoms with Gasteiger partial charge in [0.1, 0.15) is 0 Å². The molecule has 0 saturated carbocycles. The lowest BCUT2D eigenvalue weighted by molar-refractivity contribution is -0.123. The third-order valence-electron chi connectivity index (χ3n) is 5.38. The van der Waals surface area contributed by atoms with Gasteiger partial charge in [-0.05, 0) is 61.4 Å². The van der Waals surface area contributed by atoms with Crippen LogP contribution in [-0.4, -0.2) is 20.6 Å². The van der Waals surface area contributed by atoms with E-state index in [4.69, 9.17) is 0 Å². The third-order valence-corrected chi connectivity index (χ3v) is 6.29. The van der Waals surface area contributed by atoms with Crippen LogP contribution in [0.25, 0.3) is 6.08 Å². The molecule has 1 aromatic heterocycles. The molecule has 152 valence electrons. The van der Waals surface area contributed by atoms with Crippen molar-refractivity contribution in [2.24, 2.45) is 0 Å². The molecule has 0 bridgehead atoms. The maximum absolute atomic E-state index is 12.9. The summed E-state index contributed by atoms with van der Waals surface area (Å²) in [5.41, 5.74) is 6.48. The molecule has 2 heterocycles. The van der Waals surface area contributed by atoms with Gasteiger partial charge in [-0.2, -0.15) is 0 Å². The van der Waals surface area contributed by atoms with Crippen LogP contribution in [0.5, 0.6) is 0 Å². The zero-order valence-electron chi connectivity index (χ0n) is 17.4. The van der Waals surface area contributed by atoms with Gasteiger partial charge in [0.05, 0.1) is 11.4 Å². The van der Waals surface area contributed by atoms with Crippen LogP contribution in [0.4, 0.5) is 4.79 Å². The lowest BCUT2D eigenvalue weighted by Gasteiger charge is -2.12. The van der Waals surface area contributed by atoms with E-state index in [1.165, 1.54) is 10.5 Å². The van der Waals surface area contributed by atoms with Crippen molar-refractivity contribution >= 4 is 29.0 Å². The molecule has 3 aromatic rings. The highest BCUT2D eigenvalue weighted by molar-refractivity contribution is 8.18. The number of hydrogen-bond acceptors (Lipinski definition) is 3. The van der Waals surface area contributed by atoms with E-state index in [1.54, 1.807) is 0 Å². The Balaban J connectivity index is 1.57. The fourth-order valence-corrected chi connectivity index (χ4v) is 4.58. The maximum atomic E-state index is 12.9. The molecule has 0 atom stereocenters. The van der Waals surface area contributed by atoms with Crippen LogP contribution >= 0.6 is 11.8 Å². The number of rotatable bonds is 5. The zero-order chi connectivity index (χ0) is 21.3. The van der Waals surface area contributed by atoms with Crippen molar-refractivity contribution in [1.29, 1.82) is 0 Å². The van der Waals surface area contributed by atoms with Gasteiger partial charge in [-0.25, -0.2) is 0 Å². The molecule has 1 aliphatic heterocycles. The molecule has 1 saturated heterocycles. The van der Waals surface area contributed by atoms with Crippen molar-refractivity contribution < 1.29 is 9.59 Å². The molecular formula is C25H24N2O2S. The average molecular weight is 417 g/mol. The van der Waals surface area contributed by atoms with E-state index in [2.05, 4.69) is 36.6 Å². The van der Waals surface area contributed by atoms with Crippen LogP contribution in [0.2, 0.25) is 0 Å². The topological polar surface area (TPSA) is 42.3 Å². The van der Waals surface area contributed by atoms with E-state index in [-0.39, 0.29) is 11.1 Å². The van der Waals surface area contributed by atoms with E-state index in [0.717, 1.165) is 46.4 Å². The molecule has 5 heteroatoms. The Labute approximate surface area is 181 Å². The van der Waals surface area contributed by atoms with Crippen LogP contribution in [-0.2, 0) is 17.9 Å². The number of hydrogen-bond donors (Lipinski definition) is 0. The highest BCUT2D eigenvalue weighted by Crippen LogP contribution is 2.34. The third kappa shape index (κ3) is 4.12. The Morgan fingerprint density at radius 1 is 0.867 bits per heavy atom. The Morgan fingerprint density at radius 2 is 1.60 bits per heavy atom. The molecule has 0 radical (unpaired) electrons. The predicted octanol–water partition coefficient (Wildman–Crippen LogP) is 5.70. The van der Waals surface area contributed by atoms with Gasteiger partial charge in [-0.1, -0.05) is 60.2 Å². The SMILES string of the molecule is Cc1cccc(CN2C(=O)S/C(=C\c3cc(C)n(Cc4ccccc4)c3C)C2=O)c1. The predicted molar refractivity (Wildman–Crippen MR) is 122 cm³/mol. The molecule has 0 aliphatic carbocycles. The maximum Gasteiger partial charge on any atom is 0.293 e. The number of nitrogens with zero attached hydrogens (tertiary/aromatic N) is 2. The first-order valence-electron chi connectivity index (χ1n) is 9.94. The Bertz CT molecular complexity index is 1150. The van der Waals surface area contributed by atoms with Crippen LogP contribution in [0.3, 0.4) is 0 Å². The van der Waals surface area contributed by atoms with Gasteiger partial charge in [0, 0.05) is 17.9 Å². The minimum Gasteiger partial charge on any atom is -0.344 e. The Hall–Kier alpha value is -3.05. The van der Waals surface area contributed by atoms with E-state index in [0.29, 0.717) is 11.4 Å².